The van der Waals surface area contributed by atoms with Gasteiger partial charge in [-0.3, -0.25) is 0 Å². The second-order valence-electron chi connectivity index (χ2n) is 6.37. The number of methoxy groups -OCH3 is 1. The van der Waals surface area contributed by atoms with Crippen molar-refractivity contribution in [1.82, 2.24) is 25.4 Å². The number of para-hydroxylation sites is 1. The maximum Gasteiger partial charge on any atom is 0.229 e. The molecule has 4 rings (SSSR count). The molecular weight excluding hydrogens is 350 g/mol. The largest absolute Gasteiger partial charge is 0.504 e. The maximum absolute atomic E-state index is 10.3. The molecule has 1 atom stereocenters. The summed E-state index contributed by atoms with van der Waals surface area (Å²) in [5.74, 6) is 1.52. The zero-order valence-electron chi connectivity index (χ0n) is 14.9. The molecule has 0 aliphatic carbocycles. The van der Waals surface area contributed by atoms with Crippen molar-refractivity contribution >= 4 is 22.9 Å². The van der Waals surface area contributed by atoms with E-state index in [4.69, 9.17) is 4.74 Å². The first-order valence-electron chi connectivity index (χ1n) is 8.76. The van der Waals surface area contributed by atoms with Gasteiger partial charge in [0.05, 0.1) is 19.8 Å². The Morgan fingerprint density at radius 1 is 1.37 bits per heavy atom. The van der Waals surface area contributed by atoms with Crippen LogP contribution in [0.25, 0.3) is 11.2 Å². The molecular formula is C17H21N7O3. The van der Waals surface area contributed by atoms with E-state index in [9.17, 15) is 10.2 Å². The number of ether oxygens (including phenoxy) is 1. The lowest BCUT2D eigenvalue weighted by Crippen LogP contribution is -2.33. The molecule has 1 aliphatic heterocycles. The maximum atomic E-state index is 10.3. The molecule has 4 N–H and O–H groups in total. The van der Waals surface area contributed by atoms with Crippen molar-refractivity contribution in [2.45, 2.75) is 25.4 Å². The van der Waals surface area contributed by atoms with E-state index in [1.807, 2.05) is 11.0 Å². The Morgan fingerprint density at radius 3 is 3.07 bits per heavy atom. The number of nitrogens with zero attached hydrogens (tertiary/aromatic N) is 5. The molecule has 0 bridgehead atoms. The van der Waals surface area contributed by atoms with Crippen LogP contribution in [0.15, 0.2) is 18.2 Å². The van der Waals surface area contributed by atoms with E-state index in [2.05, 4.69) is 30.7 Å². The van der Waals surface area contributed by atoms with Gasteiger partial charge in [0.15, 0.2) is 28.5 Å². The smallest absolute Gasteiger partial charge is 0.229 e. The highest BCUT2D eigenvalue weighted by Crippen LogP contribution is 2.31. The van der Waals surface area contributed by atoms with E-state index < -0.39 is 0 Å². The van der Waals surface area contributed by atoms with Crippen LogP contribution in [-0.2, 0) is 6.54 Å². The fraction of sp³-hybridized carbons (Fsp3) is 0.412. The first-order chi connectivity index (χ1) is 13.2. The lowest BCUT2D eigenvalue weighted by atomic mass is 10.2. The Morgan fingerprint density at radius 2 is 2.26 bits per heavy atom. The number of hydrogen-bond acceptors (Lipinski definition) is 9. The number of phenolic OH excluding ortho intramolecular Hbond substituents is 1. The van der Waals surface area contributed by atoms with E-state index in [1.165, 1.54) is 7.11 Å². The number of anilines is 2. The molecule has 0 unspecified atom stereocenters. The Bertz CT molecular complexity index is 945. The summed E-state index contributed by atoms with van der Waals surface area (Å²) in [5.41, 5.74) is 1.70. The van der Waals surface area contributed by atoms with E-state index in [0.29, 0.717) is 40.8 Å². The zero-order valence-corrected chi connectivity index (χ0v) is 14.9. The third-order valence-electron chi connectivity index (χ3n) is 4.77. The van der Waals surface area contributed by atoms with Crippen LogP contribution in [0.3, 0.4) is 0 Å². The van der Waals surface area contributed by atoms with Gasteiger partial charge in [-0.05, 0) is 18.9 Å². The van der Waals surface area contributed by atoms with Crippen molar-refractivity contribution in [3.63, 3.8) is 0 Å². The predicted molar refractivity (Wildman–Crippen MR) is 98.9 cm³/mol. The van der Waals surface area contributed by atoms with E-state index in [0.717, 1.165) is 19.4 Å². The number of fused-ring (bicyclic) bond motifs is 1. The molecule has 1 aliphatic rings. The summed E-state index contributed by atoms with van der Waals surface area (Å²) < 4.78 is 5.15. The highest BCUT2D eigenvalue weighted by molar-refractivity contribution is 5.83. The number of aromatic amines is 1. The van der Waals surface area contributed by atoms with E-state index >= 15 is 0 Å². The Labute approximate surface area is 155 Å². The van der Waals surface area contributed by atoms with Crippen molar-refractivity contribution in [2.24, 2.45) is 0 Å². The molecule has 1 aromatic carbocycles. The van der Waals surface area contributed by atoms with Gasteiger partial charge in [0, 0.05) is 18.7 Å². The fourth-order valence-electron chi connectivity index (χ4n) is 3.33. The summed E-state index contributed by atoms with van der Waals surface area (Å²) in [6.45, 7) is 1.17. The highest BCUT2D eigenvalue weighted by atomic mass is 16.5. The van der Waals surface area contributed by atoms with Crippen LogP contribution >= 0.6 is 0 Å². The molecule has 2 aromatic heterocycles. The number of phenols is 1. The third-order valence-corrected chi connectivity index (χ3v) is 4.77. The number of rotatable bonds is 6. The van der Waals surface area contributed by atoms with Gasteiger partial charge in [0.2, 0.25) is 5.95 Å². The monoisotopic (exact) mass is 371 g/mol. The second kappa shape index (κ2) is 7.23. The Hall–Kier alpha value is -3.14. The Balaban J connectivity index is 1.64. The third kappa shape index (κ3) is 3.19. The van der Waals surface area contributed by atoms with Crippen LogP contribution in [0.2, 0.25) is 0 Å². The molecule has 0 saturated carbocycles. The van der Waals surface area contributed by atoms with Gasteiger partial charge >= 0.3 is 0 Å². The van der Waals surface area contributed by atoms with Crippen molar-refractivity contribution in [3.05, 3.63) is 23.8 Å². The lowest BCUT2D eigenvalue weighted by Gasteiger charge is -2.23. The van der Waals surface area contributed by atoms with Crippen molar-refractivity contribution in [1.29, 1.82) is 0 Å². The van der Waals surface area contributed by atoms with Gasteiger partial charge in [0.1, 0.15) is 0 Å². The van der Waals surface area contributed by atoms with Crippen LogP contribution in [0, 0.1) is 0 Å². The summed E-state index contributed by atoms with van der Waals surface area (Å²) in [4.78, 5) is 11.1. The molecule has 3 heterocycles. The van der Waals surface area contributed by atoms with Crippen LogP contribution < -0.4 is 15.0 Å². The van der Waals surface area contributed by atoms with Gasteiger partial charge < -0.3 is 25.2 Å². The van der Waals surface area contributed by atoms with Crippen LogP contribution in [0.4, 0.5) is 11.8 Å². The number of aromatic hydroxyl groups is 1. The van der Waals surface area contributed by atoms with Gasteiger partial charge in [-0.1, -0.05) is 17.3 Å². The number of aliphatic hydroxyl groups is 1. The van der Waals surface area contributed by atoms with Crippen molar-refractivity contribution in [3.8, 4) is 11.5 Å². The standard InChI is InChI=1S/C17H21N7O3/c1-27-12-6-2-4-10(14(12)26)8-18-15-13-16(22-23-21-13)20-17(19-15)24-7-3-5-11(24)9-25/h2,4,6,11,25-26H,3,5,7-9H2,1H3,(H2,18,19,20,21,22,23)/t11-/m1/s1. The minimum atomic E-state index is 0.00797. The topological polar surface area (TPSA) is 132 Å². The predicted octanol–water partition coefficient (Wildman–Crippen LogP) is 1.04. The normalized spacial score (nSPS) is 16.8. The molecule has 27 heavy (non-hydrogen) atoms. The van der Waals surface area contributed by atoms with Gasteiger partial charge in [-0.25, -0.2) is 5.10 Å². The quantitative estimate of drug-likeness (QED) is 0.501. The first-order valence-corrected chi connectivity index (χ1v) is 8.76. The average Bonchev–Trinajstić information content (AvgIpc) is 3.35. The number of aromatic nitrogens is 5. The zero-order chi connectivity index (χ0) is 18.8. The number of benzene rings is 1. The van der Waals surface area contributed by atoms with E-state index in [-0.39, 0.29) is 18.4 Å². The second-order valence-corrected chi connectivity index (χ2v) is 6.37. The van der Waals surface area contributed by atoms with E-state index in [1.54, 1.807) is 12.1 Å². The molecule has 142 valence electrons. The van der Waals surface area contributed by atoms with Gasteiger partial charge in [-0.15, -0.1) is 5.10 Å². The highest BCUT2D eigenvalue weighted by Gasteiger charge is 2.27. The summed E-state index contributed by atoms with van der Waals surface area (Å²) in [7, 11) is 1.51. The molecule has 1 fully saturated rings. The van der Waals surface area contributed by atoms with Crippen molar-refractivity contribution in [2.75, 3.05) is 30.5 Å². The average molecular weight is 371 g/mol. The van der Waals surface area contributed by atoms with Gasteiger partial charge in [-0.2, -0.15) is 9.97 Å². The molecule has 1 saturated heterocycles. The molecule has 0 spiro atoms. The number of aliphatic hydroxyl groups excluding tert-OH is 1. The number of nitrogens with one attached hydrogen (secondary N) is 2. The van der Waals surface area contributed by atoms with Crippen LogP contribution in [0.1, 0.15) is 18.4 Å². The summed E-state index contributed by atoms with van der Waals surface area (Å²) in [5, 5.41) is 33.7. The Kier molecular flexibility index (Phi) is 4.63. The fourth-order valence-corrected chi connectivity index (χ4v) is 3.33. The van der Waals surface area contributed by atoms with Crippen molar-refractivity contribution < 1.29 is 14.9 Å². The summed E-state index contributed by atoms with van der Waals surface area (Å²) in [6.07, 6.45) is 1.88. The van der Waals surface area contributed by atoms with Crippen LogP contribution in [0.5, 0.6) is 11.5 Å². The molecule has 10 nitrogen and oxygen atoms in total. The van der Waals surface area contributed by atoms with Gasteiger partial charge in [0.25, 0.3) is 0 Å². The number of H-pyrrole nitrogens is 1. The molecule has 0 amide bonds. The SMILES string of the molecule is COc1cccc(CNc2nc(N3CCC[C@@H]3CO)nc3[nH]nnc23)c1O. The summed E-state index contributed by atoms with van der Waals surface area (Å²) in [6, 6.07) is 5.31. The molecule has 3 aromatic rings. The number of hydrogen-bond donors (Lipinski definition) is 4. The minimum absolute atomic E-state index is 0.00797. The molecule has 0 radical (unpaired) electrons. The summed E-state index contributed by atoms with van der Waals surface area (Å²) >= 11 is 0. The first kappa shape index (κ1) is 17.3. The lowest BCUT2D eigenvalue weighted by molar-refractivity contribution is 0.265. The van der Waals surface area contributed by atoms with Crippen LogP contribution in [-0.4, -0.2) is 61.9 Å². The minimum Gasteiger partial charge on any atom is -0.504 e. The molecule has 10 heteroatoms.